The lowest BCUT2D eigenvalue weighted by molar-refractivity contribution is -0.108. The average Bonchev–Trinajstić information content (AvgIpc) is 3.43. The summed E-state index contributed by atoms with van der Waals surface area (Å²) in [6.07, 6.45) is -8.20. The molecule has 0 aromatic heterocycles. The highest BCUT2D eigenvalue weighted by Crippen LogP contribution is 2.36. The van der Waals surface area contributed by atoms with Gasteiger partial charge in [0.2, 0.25) is 6.41 Å². The first kappa shape index (κ1) is 81.2. The van der Waals surface area contributed by atoms with Gasteiger partial charge in [-0.25, -0.2) is 0 Å². The van der Waals surface area contributed by atoms with Gasteiger partial charge in [-0.3, -0.25) is 24.0 Å². The Hall–Kier alpha value is -5.14. The maximum atomic E-state index is 13.5. The molecular weight excluding hydrogens is 977 g/mol. The van der Waals surface area contributed by atoms with Crippen molar-refractivity contribution in [1.29, 1.82) is 0 Å². The Kier molecular flexibility index (Phi) is 51.3. The van der Waals surface area contributed by atoms with Crippen LogP contribution in [0.4, 0.5) is 11.4 Å². The van der Waals surface area contributed by atoms with Gasteiger partial charge in [0.1, 0.15) is 6.79 Å². The molecule has 0 aliphatic carbocycles. The fourth-order valence-corrected chi connectivity index (χ4v) is 7.23. The number of likely N-dealkylation sites (N-methyl/N-ethyl adjacent to an activating group) is 1. The SMILES string of the molecule is C=O.CC.CC.CC.CC.CC.CC.Cc1c(C(=O)NCC(O)CO)c(C)c(N(C)CC(O)C(O)CN(C=O)c2c(C)c(C(=O)NCC(O)CO)c(C)c(C(=O)NCC(O)CO)c2C)c(C)c1C(=O)NCC(O)CO. The summed E-state index contributed by atoms with van der Waals surface area (Å²) in [5.74, 6) is -2.97. The van der Waals surface area contributed by atoms with E-state index in [0.717, 1.165) is 4.90 Å². The Bertz CT molecular complexity index is 1800. The number of carbonyl (C=O) groups excluding carboxylic acids is 6. The Labute approximate surface area is 447 Å². The molecular formula is C53H100N6O16. The molecule has 0 spiro atoms. The highest BCUT2D eigenvalue weighted by Gasteiger charge is 2.32. The summed E-state index contributed by atoms with van der Waals surface area (Å²) >= 11 is 0. The Morgan fingerprint density at radius 2 is 0.640 bits per heavy atom. The molecule has 2 rings (SSSR count). The number of nitrogens with zero attached hydrogens (tertiary/aromatic N) is 2. The van der Waals surface area contributed by atoms with Crippen molar-refractivity contribution in [3.8, 4) is 0 Å². The highest BCUT2D eigenvalue weighted by molar-refractivity contribution is 6.08. The van der Waals surface area contributed by atoms with Crippen LogP contribution in [0.5, 0.6) is 0 Å². The summed E-state index contributed by atoms with van der Waals surface area (Å²) in [7, 11) is 1.51. The second kappa shape index (κ2) is 47.3. The summed E-state index contributed by atoms with van der Waals surface area (Å²) in [6, 6.07) is 0. The molecule has 5 amide bonds. The van der Waals surface area contributed by atoms with Crippen LogP contribution in [0.3, 0.4) is 0 Å². The van der Waals surface area contributed by atoms with Gasteiger partial charge in [-0.1, -0.05) is 83.1 Å². The fourth-order valence-electron chi connectivity index (χ4n) is 7.23. The van der Waals surface area contributed by atoms with Crippen LogP contribution in [0.2, 0.25) is 0 Å². The number of nitrogens with one attached hydrogen (secondary N) is 4. The van der Waals surface area contributed by atoms with Gasteiger partial charge in [0, 0.05) is 67.7 Å². The summed E-state index contributed by atoms with van der Waals surface area (Å²) in [4.78, 5) is 77.3. The van der Waals surface area contributed by atoms with Crippen LogP contribution in [-0.2, 0) is 9.59 Å². The molecule has 2 aromatic rings. The lowest BCUT2D eigenvalue weighted by Gasteiger charge is -2.33. The van der Waals surface area contributed by atoms with Crippen LogP contribution in [0.25, 0.3) is 0 Å². The third-order valence-corrected chi connectivity index (χ3v) is 10.3. The monoisotopic (exact) mass is 1080 g/mol. The van der Waals surface area contributed by atoms with Crippen molar-refractivity contribution in [2.45, 2.75) is 161 Å². The topological polar surface area (TPSA) is 359 Å². The summed E-state index contributed by atoms with van der Waals surface area (Å²) in [5, 5.41) is 109. The molecule has 22 heteroatoms. The zero-order valence-corrected chi connectivity index (χ0v) is 48.6. The lowest BCUT2D eigenvalue weighted by Crippen LogP contribution is -2.45. The smallest absolute Gasteiger partial charge is 0.252 e. The van der Waals surface area contributed by atoms with E-state index in [2.05, 4.69) is 21.3 Å². The van der Waals surface area contributed by atoms with E-state index in [9.17, 15) is 75.0 Å². The van der Waals surface area contributed by atoms with Crippen LogP contribution >= 0.6 is 0 Å². The predicted octanol–water partition coefficient (Wildman–Crippen LogP) is 1.66. The van der Waals surface area contributed by atoms with Gasteiger partial charge in [-0.15, -0.1) is 0 Å². The third kappa shape index (κ3) is 26.0. The number of hydrogen-bond donors (Lipinski definition) is 14. The number of rotatable bonds is 24. The molecule has 0 saturated heterocycles. The first-order valence-electron chi connectivity index (χ1n) is 25.8. The molecule has 14 N–H and O–H groups in total. The van der Waals surface area contributed by atoms with Crippen LogP contribution in [0, 0.1) is 41.5 Å². The number of carbonyl (C=O) groups is 6. The molecule has 0 bridgehead atoms. The number of benzene rings is 2. The highest BCUT2D eigenvalue weighted by atomic mass is 16.3. The molecule has 2 aromatic carbocycles. The van der Waals surface area contributed by atoms with Crippen LogP contribution < -0.4 is 31.1 Å². The fraction of sp³-hybridized carbons (Fsp3) is 0.660. The van der Waals surface area contributed by atoms with E-state index in [4.69, 9.17) is 4.79 Å². The Morgan fingerprint density at radius 1 is 0.427 bits per heavy atom. The summed E-state index contributed by atoms with van der Waals surface area (Å²) in [6.45, 7) is 30.2. The van der Waals surface area contributed by atoms with Crippen molar-refractivity contribution < 1.29 is 79.8 Å². The average molecular weight is 1080 g/mol. The minimum Gasteiger partial charge on any atom is -0.394 e. The van der Waals surface area contributed by atoms with E-state index in [1.807, 2.05) is 89.9 Å². The van der Waals surface area contributed by atoms with Gasteiger partial charge in [-0.05, 0) is 74.9 Å². The van der Waals surface area contributed by atoms with Crippen molar-refractivity contribution in [3.63, 3.8) is 0 Å². The zero-order valence-electron chi connectivity index (χ0n) is 48.6. The number of amides is 5. The molecule has 6 atom stereocenters. The molecule has 75 heavy (non-hydrogen) atoms. The molecule has 0 saturated carbocycles. The number of hydrogen-bond acceptors (Lipinski definition) is 17. The van der Waals surface area contributed by atoms with Gasteiger partial charge in [-0.2, -0.15) is 0 Å². The molecule has 0 aliphatic heterocycles. The van der Waals surface area contributed by atoms with Crippen LogP contribution in [-0.4, -0.2) is 197 Å². The van der Waals surface area contributed by atoms with Crippen LogP contribution in [0.1, 0.15) is 158 Å². The lowest BCUT2D eigenvalue weighted by atomic mass is 9.89. The van der Waals surface area contributed by atoms with Gasteiger partial charge in [0.25, 0.3) is 23.6 Å². The first-order valence-corrected chi connectivity index (χ1v) is 25.8. The summed E-state index contributed by atoms with van der Waals surface area (Å²) in [5.41, 5.74) is 1.54. The second-order valence-corrected chi connectivity index (χ2v) is 14.9. The number of aliphatic hydroxyl groups excluding tert-OH is 10. The van der Waals surface area contributed by atoms with Crippen molar-refractivity contribution >= 4 is 48.2 Å². The molecule has 0 fully saturated rings. The predicted molar refractivity (Wildman–Crippen MR) is 297 cm³/mol. The van der Waals surface area contributed by atoms with Gasteiger partial charge >= 0.3 is 0 Å². The third-order valence-electron chi connectivity index (χ3n) is 10.3. The van der Waals surface area contributed by atoms with Crippen molar-refractivity contribution in [2.75, 3.05) is 82.5 Å². The van der Waals surface area contributed by atoms with E-state index in [1.165, 1.54) is 39.6 Å². The standard InChI is InChI=1S/C40H62N6O15.6C2H6.CH2O/c1-19-31(37(58)41-8-25(52)14-47)21(3)35(22(4)32(19)38(59)42-9-26(53)15-48)45(7)12-29(56)30(57)13-46(18-51)36-23(5)33(39(60)43-10-27(54)16-49)20(2)34(24(36)6)40(61)44-11-28(55)17-50;7*1-2/h18,25-30,47-50,52-57H,8-17H2,1-7H3,(H,41,58)(H,42,59)(H,43,60)(H,44,61);6*1-2H3;1H2. The molecule has 6 unspecified atom stereocenters. The first-order chi connectivity index (χ1) is 35.6. The van der Waals surface area contributed by atoms with Crippen LogP contribution in [0.15, 0.2) is 0 Å². The molecule has 0 heterocycles. The molecule has 438 valence electrons. The maximum Gasteiger partial charge on any atom is 0.252 e. The Balaban J connectivity index is -0.000000780. The minimum atomic E-state index is -1.71. The molecule has 0 aliphatic rings. The largest absolute Gasteiger partial charge is 0.394 e. The zero-order chi connectivity index (χ0) is 60.5. The van der Waals surface area contributed by atoms with Crippen molar-refractivity contribution in [1.82, 2.24) is 21.3 Å². The molecule has 0 radical (unpaired) electrons. The number of anilines is 2. The maximum absolute atomic E-state index is 13.5. The van der Waals surface area contributed by atoms with E-state index < -0.39 is 93.2 Å². The minimum absolute atomic E-state index is 0.00934. The second-order valence-electron chi connectivity index (χ2n) is 14.9. The number of aliphatic hydroxyl groups is 10. The van der Waals surface area contributed by atoms with Crippen molar-refractivity contribution in [3.05, 3.63) is 55.6 Å². The summed E-state index contributed by atoms with van der Waals surface area (Å²) < 4.78 is 0. The van der Waals surface area contributed by atoms with E-state index in [0.29, 0.717) is 17.5 Å². The van der Waals surface area contributed by atoms with Gasteiger partial charge < -0.3 is 86.9 Å². The van der Waals surface area contributed by atoms with E-state index in [1.54, 1.807) is 13.8 Å². The Morgan fingerprint density at radius 3 is 0.853 bits per heavy atom. The van der Waals surface area contributed by atoms with Crippen molar-refractivity contribution in [2.24, 2.45) is 0 Å². The van der Waals surface area contributed by atoms with Gasteiger partial charge in [0.05, 0.1) is 75.3 Å². The quantitative estimate of drug-likeness (QED) is 0.0665. The van der Waals surface area contributed by atoms with E-state index >= 15 is 0 Å². The molecule has 22 nitrogen and oxygen atoms in total. The van der Waals surface area contributed by atoms with E-state index in [-0.39, 0.29) is 88.6 Å². The normalized spacial score (nSPS) is 12.1. The van der Waals surface area contributed by atoms with Gasteiger partial charge in [0.15, 0.2) is 0 Å².